The molecule has 0 fully saturated rings. The molecule has 2 N–H and O–H groups in total. The Morgan fingerprint density at radius 1 is 0.892 bits per heavy atom. The van der Waals surface area contributed by atoms with Crippen molar-refractivity contribution in [1.82, 2.24) is 14.5 Å². The molecule has 3 heterocycles. The second kappa shape index (κ2) is 11.0. The van der Waals surface area contributed by atoms with Crippen LogP contribution in [0.4, 0.5) is 26.3 Å². The van der Waals surface area contributed by atoms with Gasteiger partial charge in [-0.2, -0.15) is 26.3 Å². The summed E-state index contributed by atoms with van der Waals surface area (Å²) >= 11 is 10.4. The fourth-order valence-corrected chi connectivity index (χ4v) is 4.67. The van der Waals surface area contributed by atoms with Gasteiger partial charge in [-0.25, -0.2) is 23.5 Å². The molecule has 198 valence electrons. The summed E-state index contributed by atoms with van der Waals surface area (Å²) in [7, 11) is -3.93. The molecule has 0 spiro atoms. The highest BCUT2D eigenvalue weighted by molar-refractivity contribution is 7.91. The fraction of sp³-hybridized carbons (Fsp3) is 0.143. The summed E-state index contributed by atoms with van der Waals surface area (Å²) in [5.74, 6) is -0.188. The summed E-state index contributed by atoms with van der Waals surface area (Å²) in [4.78, 5) is 8.64. The molecule has 3 aromatic heterocycles. The van der Waals surface area contributed by atoms with E-state index in [1.165, 1.54) is 29.2 Å². The minimum Gasteiger partial charge on any atom is -0.290 e. The first-order valence-corrected chi connectivity index (χ1v) is 13.1. The van der Waals surface area contributed by atoms with Crippen molar-refractivity contribution in [3.63, 3.8) is 0 Å². The summed E-state index contributed by atoms with van der Waals surface area (Å²) in [6, 6.07) is 7.82. The molecule has 0 aliphatic carbocycles. The molecule has 0 radical (unpaired) electrons. The van der Waals surface area contributed by atoms with E-state index in [0.717, 1.165) is 47.7 Å². The number of nitrogens with zero attached hydrogens (tertiary/aromatic N) is 3. The van der Waals surface area contributed by atoms with Crippen LogP contribution in [0.25, 0.3) is 27.6 Å². The van der Waals surface area contributed by atoms with Crippen LogP contribution < -0.4 is 5.14 Å². The number of thiophene rings is 1. The van der Waals surface area contributed by atoms with E-state index in [-0.39, 0.29) is 32.3 Å². The van der Waals surface area contributed by atoms with Crippen LogP contribution in [0.2, 0.25) is 0 Å². The van der Waals surface area contributed by atoms with Crippen molar-refractivity contribution < 1.29 is 34.8 Å². The Balaban J connectivity index is 0.00000121. The average molecular weight is 603 g/mol. The molecule has 0 unspecified atom stereocenters. The minimum absolute atomic E-state index is 0.0525. The molecule has 16 heteroatoms. The maximum Gasteiger partial charge on any atom is 0.416 e. The van der Waals surface area contributed by atoms with Crippen LogP contribution in [0.1, 0.15) is 11.1 Å². The second-order valence-electron chi connectivity index (χ2n) is 7.10. The lowest BCUT2D eigenvalue weighted by molar-refractivity contribution is -0.138. The van der Waals surface area contributed by atoms with Crippen molar-refractivity contribution in [2.75, 3.05) is 5.34 Å². The standard InChI is InChI=1S/C20H12F6N4O2S2.CH2Cl2/c21-19(22,23)12-3-1-11(2-4-12)14-7-13(20(24,25)26)8-17(29-14)30-9-15(28-10-30)16-5-6-18(33-16)34(27,31)32;2-1-3/h1-10H,(H2,27,31,32);1H2. The smallest absolute Gasteiger partial charge is 0.290 e. The number of halogens is 8. The number of pyridine rings is 1. The summed E-state index contributed by atoms with van der Waals surface area (Å²) in [5.41, 5.74) is -1.89. The van der Waals surface area contributed by atoms with Crippen LogP contribution in [0, 0.1) is 0 Å². The Kier molecular flexibility index (Phi) is 8.59. The molecule has 37 heavy (non-hydrogen) atoms. The van der Waals surface area contributed by atoms with Gasteiger partial charge in [0.1, 0.15) is 16.4 Å². The highest BCUT2D eigenvalue weighted by atomic mass is 35.5. The average Bonchev–Trinajstić information content (AvgIpc) is 3.48. The number of sulfonamides is 1. The van der Waals surface area contributed by atoms with Gasteiger partial charge in [-0.05, 0) is 36.4 Å². The van der Waals surface area contributed by atoms with Gasteiger partial charge in [0.15, 0.2) is 0 Å². The lowest BCUT2D eigenvalue weighted by atomic mass is 10.1. The summed E-state index contributed by atoms with van der Waals surface area (Å²) in [6.07, 6.45) is -6.81. The van der Waals surface area contributed by atoms with Crippen molar-refractivity contribution in [1.29, 1.82) is 0 Å². The number of hydrogen-bond donors (Lipinski definition) is 1. The molecule has 0 amide bonds. The molecule has 0 saturated carbocycles. The van der Waals surface area contributed by atoms with Gasteiger partial charge in [-0.3, -0.25) is 4.57 Å². The maximum absolute atomic E-state index is 13.5. The quantitative estimate of drug-likeness (QED) is 0.206. The van der Waals surface area contributed by atoms with Crippen molar-refractivity contribution in [2.45, 2.75) is 16.6 Å². The highest BCUT2D eigenvalue weighted by Crippen LogP contribution is 2.35. The van der Waals surface area contributed by atoms with Crippen molar-refractivity contribution >= 4 is 44.6 Å². The van der Waals surface area contributed by atoms with E-state index in [1.807, 2.05) is 0 Å². The Hall–Kier alpha value is -2.65. The van der Waals surface area contributed by atoms with E-state index < -0.39 is 33.5 Å². The first-order chi connectivity index (χ1) is 17.1. The molecule has 0 aliphatic heterocycles. The predicted octanol–water partition coefficient (Wildman–Crippen LogP) is 6.77. The molecular weight excluding hydrogens is 589 g/mol. The minimum atomic E-state index is -4.75. The third-order valence-corrected chi connectivity index (χ3v) is 7.15. The number of benzene rings is 1. The van der Waals surface area contributed by atoms with Crippen molar-refractivity contribution in [3.8, 4) is 27.6 Å². The fourth-order valence-electron chi connectivity index (χ4n) is 2.98. The molecule has 0 saturated heterocycles. The van der Waals surface area contributed by atoms with Crippen molar-refractivity contribution in [2.24, 2.45) is 5.14 Å². The lowest BCUT2D eigenvalue weighted by Crippen LogP contribution is -2.09. The third-order valence-electron chi connectivity index (χ3n) is 4.61. The summed E-state index contributed by atoms with van der Waals surface area (Å²) in [6.45, 7) is 0. The Morgan fingerprint density at radius 2 is 1.49 bits per heavy atom. The van der Waals surface area contributed by atoms with Gasteiger partial charge in [0, 0.05) is 11.8 Å². The van der Waals surface area contributed by atoms with Crippen LogP contribution in [0.5, 0.6) is 0 Å². The molecule has 0 aliphatic rings. The van der Waals surface area contributed by atoms with E-state index in [2.05, 4.69) is 9.97 Å². The van der Waals surface area contributed by atoms with Gasteiger partial charge in [-0.15, -0.1) is 34.5 Å². The van der Waals surface area contributed by atoms with Crippen LogP contribution in [0.15, 0.2) is 65.3 Å². The van der Waals surface area contributed by atoms with Gasteiger partial charge in [0.25, 0.3) is 0 Å². The number of rotatable bonds is 4. The molecule has 0 atom stereocenters. The summed E-state index contributed by atoms with van der Waals surface area (Å²) in [5, 5.41) is 5.28. The first-order valence-electron chi connectivity index (χ1n) is 9.69. The van der Waals surface area contributed by atoms with Gasteiger partial charge in [-0.1, -0.05) is 12.1 Å². The number of aromatic nitrogens is 3. The van der Waals surface area contributed by atoms with E-state index in [1.54, 1.807) is 0 Å². The predicted molar refractivity (Wildman–Crippen MR) is 128 cm³/mol. The zero-order chi connectivity index (χ0) is 27.6. The third kappa shape index (κ3) is 7.23. The Morgan fingerprint density at radius 3 is 2.00 bits per heavy atom. The first kappa shape index (κ1) is 28.9. The number of imidazole rings is 1. The SMILES string of the molecule is ClCCl.NS(=O)(=O)c1ccc(-c2cn(-c3cc(C(F)(F)F)cc(-c4ccc(C(F)(F)F)cc4)n3)cn2)s1. The summed E-state index contributed by atoms with van der Waals surface area (Å²) < 4.78 is 103. The highest BCUT2D eigenvalue weighted by Gasteiger charge is 2.33. The number of primary sulfonamides is 1. The van der Waals surface area contributed by atoms with E-state index in [0.29, 0.717) is 4.88 Å². The topological polar surface area (TPSA) is 90.9 Å². The zero-order valence-electron chi connectivity index (χ0n) is 18.1. The zero-order valence-corrected chi connectivity index (χ0v) is 21.2. The second-order valence-corrected chi connectivity index (χ2v) is 10.8. The number of hydrogen-bond acceptors (Lipinski definition) is 5. The van der Waals surface area contributed by atoms with Gasteiger partial charge >= 0.3 is 12.4 Å². The van der Waals surface area contributed by atoms with E-state index in [9.17, 15) is 34.8 Å². The van der Waals surface area contributed by atoms with Crippen LogP contribution >= 0.6 is 34.5 Å². The Labute approximate surface area is 220 Å². The van der Waals surface area contributed by atoms with Gasteiger partial charge in [0.05, 0.1) is 32.7 Å². The van der Waals surface area contributed by atoms with Crippen LogP contribution in [0.3, 0.4) is 0 Å². The molecular formula is C21H14Cl2F6N4O2S2. The Bertz CT molecular complexity index is 1480. The number of alkyl halides is 8. The molecule has 1 aromatic carbocycles. The van der Waals surface area contributed by atoms with Crippen LogP contribution in [-0.4, -0.2) is 28.3 Å². The largest absolute Gasteiger partial charge is 0.416 e. The van der Waals surface area contributed by atoms with Crippen molar-refractivity contribution in [3.05, 3.63) is 72.2 Å². The molecule has 4 rings (SSSR count). The normalized spacial score (nSPS) is 12.2. The van der Waals surface area contributed by atoms with E-state index >= 15 is 0 Å². The lowest BCUT2D eigenvalue weighted by Gasteiger charge is -2.13. The number of nitrogens with two attached hydrogens (primary N) is 1. The monoisotopic (exact) mass is 602 g/mol. The van der Waals surface area contributed by atoms with Gasteiger partial charge < -0.3 is 0 Å². The molecule has 4 aromatic rings. The molecule has 0 bridgehead atoms. The molecule has 6 nitrogen and oxygen atoms in total. The van der Waals surface area contributed by atoms with E-state index in [4.69, 9.17) is 28.3 Å². The van der Waals surface area contributed by atoms with Crippen LogP contribution in [-0.2, 0) is 22.4 Å². The van der Waals surface area contributed by atoms with Gasteiger partial charge in [0.2, 0.25) is 10.0 Å². The maximum atomic E-state index is 13.5.